The van der Waals surface area contributed by atoms with E-state index in [1.165, 1.54) is 55.6 Å². The summed E-state index contributed by atoms with van der Waals surface area (Å²) < 4.78 is 0. The van der Waals surface area contributed by atoms with Crippen LogP contribution < -0.4 is 4.90 Å². The van der Waals surface area contributed by atoms with Crippen molar-refractivity contribution in [1.82, 2.24) is 0 Å². The van der Waals surface area contributed by atoms with Crippen LogP contribution in [0.15, 0.2) is 194 Å². The molecule has 316 valence electrons. The highest BCUT2D eigenvalue weighted by molar-refractivity contribution is 5.95. The maximum atomic E-state index is 9.80. The van der Waals surface area contributed by atoms with E-state index in [2.05, 4.69) is 202 Å². The molecule has 5 atom stereocenters. The van der Waals surface area contributed by atoms with Crippen molar-refractivity contribution < 1.29 is 0 Å². The number of benzene rings is 6. The Morgan fingerprint density at radius 3 is 2.09 bits per heavy atom. The Labute approximate surface area is 385 Å². The van der Waals surface area contributed by atoms with E-state index >= 15 is 0 Å². The highest BCUT2D eigenvalue weighted by Crippen LogP contribution is 2.61. The van der Waals surface area contributed by atoms with Crippen molar-refractivity contribution in [3.05, 3.63) is 250 Å². The molecule has 5 unspecified atom stereocenters. The maximum Gasteiger partial charge on any atom is 0.0991 e. The van der Waals surface area contributed by atoms with Crippen molar-refractivity contribution in [1.29, 1.82) is 10.5 Å². The van der Waals surface area contributed by atoms with Gasteiger partial charge in [0.25, 0.3) is 0 Å². The van der Waals surface area contributed by atoms with Gasteiger partial charge in [-0.1, -0.05) is 160 Å². The van der Waals surface area contributed by atoms with E-state index < -0.39 is 5.41 Å². The van der Waals surface area contributed by atoms with Crippen LogP contribution in [0.25, 0.3) is 22.8 Å². The van der Waals surface area contributed by atoms with E-state index in [-0.39, 0.29) is 11.5 Å². The molecule has 3 nitrogen and oxygen atoms in total. The molecule has 0 saturated heterocycles. The van der Waals surface area contributed by atoms with Gasteiger partial charge in [-0.15, -0.1) is 0 Å². The summed E-state index contributed by atoms with van der Waals surface area (Å²) >= 11 is 0. The Bertz CT molecular complexity index is 3060. The molecule has 4 aliphatic rings. The van der Waals surface area contributed by atoms with Gasteiger partial charge in [0.1, 0.15) is 0 Å². The highest BCUT2D eigenvalue weighted by atomic mass is 15.2. The van der Waals surface area contributed by atoms with E-state index in [0.29, 0.717) is 23.0 Å². The number of fused-ring (bicyclic) bond motifs is 5. The molecule has 0 bridgehead atoms. The molecular formula is C62H53N3. The minimum Gasteiger partial charge on any atom is -0.332 e. The van der Waals surface area contributed by atoms with Gasteiger partial charge in [-0.3, -0.25) is 0 Å². The monoisotopic (exact) mass is 839 g/mol. The molecule has 0 heterocycles. The van der Waals surface area contributed by atoms with Crippen molar-refractivity contribution in [3.8, 4) is 23.3 Å². The number of allylic oxidation sites excluding steroid dienone is 8. The first-order valence-electron chi connectivity index (χ1n) is 23.1. The number of hydrogen-bond donors (Lipinski definition) is 0. The number of nitrogens with zero attached hydrogens (tertiary/aromatic N) is 3. The lowest BCUT2D eigenvalue weighted by atomic mass is 9.63. The molecule has 65 heavy (non-hydrogen) atoms. The minimum atomic E-state index is -0.613. The fraction of sp³-hybridized carbons (Fsp3) is 0.194. The SMILES string of the molecule is C=C(c1cc2c(c3c1C=CC(C)C3)-c1ccc(N(c3ccc(C#N)cc3)C3(C)C=CC=CC3)cc1C2(C1=CC=CC(C)C1)c1ccccc1)C(Cc1ccccc1)c1ccc(C#N)cc1. The van der Waals surface area contributed by atoms with Crippen LogP contribution in [-0.2, 0) is 18.3 Å². The van der Waals surface area contributed by atoms with Gasteiger partial charge in [-0.05, 0) is 160 Å². The van der Waals surface area contributed by atoms with Crippen molar-refractivity contribution in [3.63, 3.8) is 0 Å². The van der Waals surface area contributed by atoms with Crippen LogP contribution in [0.1, 0.15) is 95.2 Å². The summed E-state index contributed by atoms with van der Waals surface area (Å²) in [4.78, 5) is 2.48. The zero-order chi connectivity index (χ0) is 44.7. The molecule has 10 rings (SSSR count). The summed E-state index contributed by atoms with van der Waals surface area (Å²) in [5.41, 5.74) is 17.7. The van der Waals surface area contributed by atoms with Crippen molar-refractivity contribution in [2.75, 3.05) is 4.90 Å². The molecule has 6 aromatic carbocycles. The van der Waals surface area contributed by atoms with Gasteiger partial charge in [0, 0.05) is 17.3 Å². The largest absolute Gasteiger partial charge is 0.332 e. The predicted octanol–water partition coefficient (Wildman–Crippen LogP) is 14.9. The average molecular weight is 840 g/mol. The van der Waals surface area contributed by atoms with Gasteiger partial charge in [-0.25, -0.2) is 0 Å². The Morgan fingerprint density at radius 1 is 0.738 bits per heavy atom. The first-order valence-corrected chi connectivity index (χ1v) is 23.1. The van der Waals surface area contributed by atoms with E-state index in [4.69, 9.17) is 6.58 Å². The molecule has 0 saturated carbocycles. The highest BCUT2D eigenvalue weighted by Gasteiger charge is 2.50. The molecule has 0 N–H and O–H groups in total. The topological polar surface area (TPSA) is 50.8 Å². The summed E-state index contributed by atoms with van der Waals surface area (Å²) in [6, 6.07) is 52.6. The molecule has 0 radical (unpaired) electrons. The zero-order valence-corrected chi connectivity index (χ0v) is 37.5. The van der Waals surface area contributed by atoms with Crippen LogP contribution in [0.4, 0.5) is 11.4 Å². The Morgan fingerprint density at radius 2 is 1.42 bits per heavy atom. The molecular weight excluding hydrogens is 787 g/mol. The van der Waals surface area contributed by atoms with Gasteiger partial charge < -0.3 is 4.90 Å². The molecule has 6 aromatic rings. The van der Waals surface area contributed by atoms with Gasteiger partial charge in [0.05, 0.1) is 34.2 Å². The number of hydrogen-bond acceptors (Lipinski definition) is 3. The summed E-state index contributed by atoms with van der Waals surface area (Å²) in [6.07, 6.45) is 24.1. The van der Waals surface area contributed by atoms with Gasteiger partial charge in [0.15, 0.2) is 0 Å². The van der Waals surface area contributed by atoms with Crippen molar-refractivity contribution in [2.24, 2.45) is 11.8 Å². The second-order valence-electron chi connectivity index (χ2n) is 18.7. The molecule has 0 amide bonds. The summed E-state index contributed by atoms with van der Waals surface area (Å²) in [5.74, 6) is 0.692. The lowest BCUT2D eigenvalue weighted by Gasteiger charge is -2.43. The molecule has 3 heteroatoms. The first-order chi connectivity index (χ1) is 31.7. The molecule has 4 aliphatic carbocycles. The van der Waals surface area contributed by atoms with E-state index in [1.807, 2.05) is 24.3 Å². The van der Waals surface area contributed by atoms with E-state index in [9.17, 15) is 10.5 Å². The van der Waals surface area contributed by atoms with Crippen molar-refractivity contribution in [2.45, 2.75) is 63.3 Å². The second kappa shape index (κ2) is 16.9. The Balaban J connectivity index is 1.26. The number of rotatable bonds is 10. The molecule has 0 fully saturated rings. The molecule has 0 spiro atoms. The smallest absolute Gasteiger partial charge is 0.0991 e. The van der Waals surface area contributed by atoms with E-state index in [1.54, 1.807) is 0 Å². The lowest BCUT2D eigenvalue weighted by molar-refractivity contribution is 0.569. The van der Waals surface area contributed by atoms with Crippen LogP contribution in [0.5, 0.6) is 0 Å². The van der Waals surface area contributed by atoms with Crippen LogP contribution >= 0.6 is 0 Å². The lowest BCUT2D eigenvalue weighted by Crippen LogP contribution is -2.42. The van der Waals surface area contributed by atoms with Crippen LogP contribution in [0.2, 0.25) is 0 Å². The van der Waals surface area contributed by atoms with Gasteiger partial charge in [0.2, 0.25) is 0 Å². The molecule has 0 aromatic heterocycles. The number of nitriles is 2. The van der Waals surface area contributed by atoms with Crippen molar-refractivity contribution >= 4 is 23.0 Å². The third-order valence-corrected chi connectivity index (χ3v) is 14.4. The third-order valence-electron chi connectivity index (χ3n) is 14.4. The first kappa shape index (κ1) is 41.5. The zero-order valence-electron chi connectivity index (χ0n) is 37.5. The Hall–Kier alpha value is -7.46. The van der Waals surface area contributed by atoms with Gasteiger partial charge in [-0.2, -0.15) is 10.5 Å². The summed E-state index contributed by atoms with van der Waals surface area (Å²) in [6.45, 7) is 12.1. The summed E-state index contributed by atoms with van der Waals surface area (Å²) in [5, 5.41) is 19.6. The van der Waals surface area contributed by atoms with Gasteiger partial charge >= 0.3 is 0 Å². The van der Waals surface area contributed by atoms with Crippen LogP contribution in [0, 0.1) is 34.5 Å². The quantitative estimate of drug-likeness (QED) is 0.138. The fourth-order valence-corrected chi connectivity index (χ4v) is 11.2. The average Bonchev–Trinajstić information content (AvgIpc) is 3.64. The normalized spacial score (nSPS) is 21.6. The summed E-state index contributed by atoms with van der Waals surface area (Å²) in [7, 11) is 0. The Kier molecular flexibility index (Phi) is 10.8. The second-order valence-corrected chi connectivity index (χ2v) is 18.7. The van der Waals surface area contributed by atoms with Crippen LogP contribution in [0.3, 0.4) is 0 Å². The molecule has 0 aliphatic heterocycles. The number of anilines is 2. The fourth-order valence-electron chi connectivity index (χ4n) is 11.2. The standard InChI is InChI=1S/C62H53N3/c1-42-15-14-20-50(35-42)62(49-18-10-6-11-19-49)58-38-52(65(61(4)33-12-7-13-34-61)51-28-24-47(41-64)25-29-51)30-32-54(58)60-57-36-43(2)21-31-53(57)56(39-59(60)62)44(3)55(37-45-16-8-5-9-17-45)48-26-22-46(40-63)23-27-48/h5-33,38-39,42-43,55H,3,34-37H2,1-2,4H3. The minimum absolute atomic E-state index is 0.0299. The predicted molar refractivity (Wildman–Crippen MR) is 269 cm³/mol. The van der Waals surface area contributed by atoms with E-state index in [0.717, 1.165) is 48.2 Å². The maximum absolute atomic E-state index is 9.80. The third kappa shape index (κ3) is 7.23. The van der Waals surface area contributed by atoms with Crippen LogP contribution in [-0.4, -0.2) is 5.54 Å².